The number of benzene rings is 2. The quantitative estimate of drug-likeness (QED) is 0.205. The van der Waals surface area contributed by atoms with Crippen LogP contribution in [0.5, 0.6) is 0 Å². The van der Waals surface area contributed by atoms with E-state index in [1.54, 1.807) is 0 Å². The fourth-order valence-corrected chi connectivity index (χ4v) is 3.20. The Kier molecular flexibility index (Phi) is 7.34. The van der Waals surface area contributed by atoms with E-state index in [0.717, 1.165) is 36.4 Å². The third kappa shape index (κ3) is 4.68. The molecule has 0 aliphatic rings. The molecule has 1 unspecified atom stereocenters. The molecule has 0 bridgehead atoms. The van der Waals surface area contributed by atoms with Crippen molar-refractivity contribution in [3.63, 3.8) is 0 Å². The zero-order valence-corrected chi connectivity index (χ0v) is 17.5. The summed E-state index contributed by atoms with van der Waals surface area (Å²) in [6.07, 6.45) is -10.6. The van der Waals surface area contributed by atoms with E-state index in [1.807, 2.05) is 0 Å². The number of non-ortho nitro benzene ring substituents is 1. The van der Waals surface area contributed by atoms with Gasteiger partial charge in [-0.15, -0.1) is 0 Å². The third-order valence-electron chi connectivity index (χ3n) is 5.26. The average Bonchev–Trinajstić information content (AvgIpc) is 2.78. The summed E-state index contributed by atoms with van der Waals surface area (Å²) in [5.41, 5.74) is -6.41. The number of nitrogens with zero attached hydrogens (tertiary/aromatic N) is 1. The van der Waals surface area contributed by atoms with E-state index >= 15 is 0 Å². The fraction of sp³-hybridized carbons (Fsp3) is 0.400. The van der Waals surface area contributed by atoms with Crippen molar-refractivity contribution in [1.82, 2.24) is 0 Å². The molecule has 37 heavy (non-hydrogen) atoms. The van der Waals surface area contributed by atoms with E-state index < -0.39 is 69.5 Å². The Morgan fingerprint density at radius 2 is 1.11 bits per heavy atom. The van der Waals surface area contributed by atoms with Gasteiger partial charge < -0.3 is 5.11 Å². The topological polar surface area (TPSA) is 63.4 Å². The van der Waals surface area contributed by atoms with Gasteiger partial charge >= 0.3 is 35.8 Å². The molecule has 2 rings (SSSR count). The maximum absolute atomic E-state index is 14.7. The SMILES string of the molecule is O=[N+]([O-])c1cccc(C(O)(CC(F)(F)C(F)(F)C(F)(F)C(F)(F)C(F)(F)C(F)(F)F)c2ccccc2)c1. The van der Waals surface area contributed by atoms with Crippen LogP contribution >= 0.6 is 0 Å². The first-order chi connectivity index (χ1) is 16.5. The molecule has 4 nitrogen and oxygen atoms in total. The molecule has 0 radical (unpaired) electrons. The van der Waals surface area contributed by atoms with Crippen LogP contribution in [0.25, 0.3) is 0 Å². The summed E-state index contributed by atoms with van der Waals surface area (Å²) in [4.78, 5) is 9.85. The molecule has 0 heterocycles. The summed E-state index contributed by atoms with van der Waals surface area (Å²) in [6, 6.07) is 7.05. The minimum Gasteiger partial charge on any atom is -0.380 e. The number of aliphatic hydroxyl groups is 1. The second kappa shape index (κ2) is 9.02. The van der Waals surface area contributed by atoms with Crippen molar-refractivity contribution in [3.8, 4) is 0 Å². The first kappa shape index (κ1) is 30.1. The van der Waals surface area contributed by atoms with Gasteiger partial charge in [-0.3, -0.25) is 10.1 Å². The van der Waals surface area contributed by atoms with Crippen molar-refractivity contribution < 1.29 is 67.1 Å². The Bertz CT molecular complexity index is 1140. The van der Waals surface area contributed by atoms with Crippen molar-refractivity contribution >= 4 is 5.69 Å². The van der Waals surface area contributed by atoms with Crippen molar-refractivity contribution in [3.05, 3.63) is 75.8 Å². The van der Waals surface area contributed by atoms with E-state index in [4.69, 9.17) is 0 Å². The second-order valence-electron chi connectivity index (χ2n) is 7.71. The minimum absolute atomic E-state index is 0.339. The highest BCUT2D eigenvalue weighted by molar-refractivity contribution is 5.43. The first-order valence-corrected chi connectivity index (χ1v) is 9.46. The maximum Gasteiger partial charge on any atom is 0.460 e. The van der Waals surface area contributed by atoms with Crippen molar-refractivity contribution in [2.75, 3.05) is 0 Å². The molecule has 206 valence electrons. The van der Waals surface area contributed by atoms with Crippen molar-refractivity contribution in [2.24, 2.45) is 0 Å². The monoisotopic (exact) mass is 561 g/mol. The molecular formula is C20H12F13NO3. The zero-order valence-electron chi connectivity index (χ0n) is 17.5. The number of nitro groups is 1. The van der Waals surface area contributed by atoms with E-state index in [1.165, 1.54) is 6.07 Å². The summed E-state index contributed by atoms with van der Waals surface area (Å²) in [7, 11) is 0. The smallest absolute Gasteiger partial charge is 0.380 e. The van der Waals surface area contributed by atoms with Crippen molar-refractivity contribution in [1.29, 1.82) is 0 Å². The molecule has 2 aromatic rings. The zero-order chi connectivity index (χ0) is 28.9. The fourth-order valence-electron chi connectivity index (χ4n) is 3.20. The van der Waals surface area contributed by atoms with E-state index in [9.17, 15) is 72.3 Å². The van der Waals surface area contributed by atoms with Crippen LogP contribution in [0.4, 0.5) is 62.8 Å². The average molecular weight is 561 g/mol. The predicted octanol–water partition coefficient (Wildman–Crippen LogP) is 6.96. The molecule has 0 amide bonds. The van der Waals surface area contributed by atoms with Gasteiger partial charge in [-0.2, -0.15) is 57.1 Å². The normalized spacial score (nSPS) is 15.8. The molecule has 0 saturated heterocycles. The number of hydrogen-bond donors (Lipinski definition) is 1. The third-order valence-corrected chi connectivity index (χ3v) is 5.26. The largest absolute Gasteiger partial charge is 0.460 e. The lowest BCUT2D eigenvalue weighted by molar-refractivity contribution is -0.441. The van der Waals surface area contributed by atoms with Crippen LogP contribution in [-0.2, 0) is 5.60 Å². The van der Waals surface area contributed by atoms with E-state index in [-0.39, 0.29) is 0 Å². The molecule has 0 saturated carbocycles. The Labute approximate surface area is 197 Å². The number of alkyl halides is 13. The molecule has 1 atom stereocenters. The standard InChI is InChI=1S/C20H12F13NO3/c21-15(22,16(23,24)17(25,26)18(27,28)19(29,30)20(31,32)33)10-14(35,11-5-2-1-3-6-11)12-7-4-8-13(9-12)34(36)37/h1-9,35H,10H2. The molecule has 0 aliphatic carbocycles. The van der Waals surface area contributed by atoms with E-state index in [2.05, 4.69) is 0 Å². The van der Waals surface area contributed by atoms with Gasteiger partial charge in [0.2, 0.25) is 0 Å². The van der Waals surface area contributed by atoms with Gasteiger partial charge in [0.1, 0.15) is 5.60 Å². The molecule has 1 N–H and O–H groups in total. The van der Waals surface area contributed by atoms with Gasteiger partial charge in [0.15, 0.2) is 0 Å². The first-order valence-electron chi connectivity index (χ1n) is 9.46. The Morgan fingerprint density at radius 1 is 0.649 bits per heavy atom. The summed E-state index contributed by atoms with van der Waals surface area (Å²) in [5.74, 6) is -38.3. The van der Waals surface area contributed by atoms with Crippen molar-refractivity contribution in [2.45, 2.75) is 47.8 Å². The highest BCUT2D eigenvalue weighted by Crippen LogP contribution is 2.61. The molecule has 2 aromatic carbocycles. The van der Waals surface area contributed by atoms with Gasteiger partial charge in [-0.1, -0.05) is 42.5 Å². The number of hydrogen-bond acceptors (Lipinski definition) is 3. The lowest BCUT2D eigenvalue weighted by Gasteiger charge is -2.42. The molecule has 0 aromatic heterocycles. The van der Waals surface area contributed by atoms with Gasteiger partial charge in [0.25, 0.3) is 5.69 Å². The summed E-state index contributed by atoms with van der Waals surface area (Å²) < 4.78 is 176. The molecule has 0 fully saturated rings. The lowest BCUT2D eigenvalue weighted by atomic mass is 9.78. The van der Waals surface area contributed by atoms with Crippen LogP contribution in [0.1, 0.15) is 17.5 Å². The minimum atomic E-state index is -8.10. The Morgan fingerprint density at radius 3 is 1.57 bits per heavy atom. The van der Waals surface area contributed by atoms with Crippen LogP contribution in [0.3, 0.4) is 0 Å². The van der Waals surface area contributed by atoms with E-state index in [0.29, 0.717) is 12.1 Å². The Hall–Kier alpha value is -3.11. The Balaban J connectivity index is 2.71. The highest BCUT2D eigenvalue weighted by atomic mass is 19.4. The van der Waals surface area contributed by atoms with Crippen LogP contribution in [0, 0.1) is 10.1 Å². The number of rotatable bonds is 9. The maximum atomic E-state index is 14.7. The van der Waals surface area contributed by atoms with Gasteiger partial charge in [-0.25, -0.2) is 0 Å². The summed E-state index contributed by atoms with van der Waals surface area (Å²) in [5, 5.41) is 21.9. The lowest BCUT2D eigenvalue weighted by Crippen LogP contribution is -2.70. The highest BCUT2D eigenvalue weighted by Gasteiger charge is 2.90. The second-order valence-corrected chi connectivity index (χ2v) is 7.71. The molecule has 0 spiro atoms. The molecule has 0 aliphatic heterocycles. The summed E-state index contributed by atoms with van der Waals surface area (Å²) >= 11 is 0. The number of nitro benzene ring substituents is 1. The molecular weight excluding hydrogens is 549 g/mol. The van der Waals surface area contributed by atoms with Gasteiger partial charge in [0, 0.05) is 12.1 Å². The molecule has 17 heteroatoms. The predicted molar refractivity (Wildman–Crippen MR) is 97.9 cm³/mol. The van der Waals surface area contributed by atoms with Gasteiger partial charge in [0.05, 0.1) is 11.3 Å². The summed E-state index contributed by atoms with van der Waals surface area (Å²) in [6.45, 7) is 0. The number of halogens is 13. The van der Waals surface area contributed by atoms with Crippen LogP contribution < -0.4 is 0 Å². The van der Waals surface area contributed by atoms with Gasteiger partial charge in [-0.05, 0) is 11.1 Å². The van der Waals surface area contributed by atoms with Crippen LogP contribution in [-0.4, -0.2) is 45.8 Å². The van der Waals surface area contributed by atoms with Crippen LogP contribution in [0.15, 0.2) is 54.6 Å². The van der Waals surface area contributed by atoms with Crippen LogP contribution in [0.2, 0.25) is 0 Å².